The minimum atomic E-state index is 0.693. The highest BCUT2D eigenvalue weighted by Gasteiger charge is 2.39. The highest BCUT2D eigenvalue weighted by molar-refractivity contribution is 5.35. The lowest BCUT2D eigenvalue weighted by Gasteiger charge is -2.21. The zero-order chi connectivity index (χ0) is 10.4. The second-order valence-corrected chi connectivity index (χ2v) is 5.35. The molecule has 0 amide bonds. The first-order valence-electron chi connectivity index (χ1n) is 6.02. The molecule has 3 unspecified atom stereocenters. The van der Waals surface area contributed by atoms with Crippen molar-refractivity contribution in [1.29, 1.82) is 0 Å². The summed E-state index contributed by atoms with van der Waals surface area (Å²) in [6, 6.07) is 0. The van der Waals surface area contributed by atoms with Gasteiger partial charge in [0, 0.05) is 18.3 Å². The number of anilines is 1. The lowest BCUT2D eigenvalue weighted by Crippen LogP contribution is -2.17. The Balaban J connectivity index is 1.70. The van der Waals surface area contributed by atoms with E-state index in [1.54, 1.807) is 0 Å². The summed E-state index contributed by atoms with van der Waals surface area (Å²) in [6.45, 7) is 3.11. The predicted octanol–water partition coefficient (Wildman–Crippen LogP) is 2.21. The van der Waals surface area contributed by atoms with Crippen molar-refractivity contribution in [2.24, 2.45) is 17.8 Å². The number of nitrogens with zero attached hydrogens (tertiary/aromatic N) is 2. The molecular weight excluding hydrogens is 186 g/mol. The number of hydrogen-bond donors (Lipinski definition) is 1. The van der Waals surface area contributed by atoms with Gasteiger partial charge in [-0.15, -0.1) is 0 Å². The summed E-state index contributed by atoms with van der Waals surface area (Å²) in [7, 11) is 0. The van der Waals surface area contributed by atoms with Crippen molar-refractivity contribution in [3.63, 3.8) is 0 Å². The third-order valence-corrected chi connectivity index (χ3v) is 4.29. The fourth-order valence-electron chi connectivity index (χ4n) is 3.47. The fourth-order valence-corrected chi connectivity index (χ4v) is 3.47. The average Bonchev–Trinajstić information content (AvgIpc) is 2.84. The zero-order valence-electron chi connectivity index (χ0n) is 9.32. The Kier molecular flexibility index (Phi) is 2.01. The summed E-state index contributed by atoms with van der Waals surface area (Å²) in [5.41, 5.74) is 6.87. The summed E-state index contributed by atoms with van der Waals surface area (Å²) < 4.78 is 2.05. The normalized spacial score (nSPS) is 33.8. The van der Waals surface area contributed by atoms with Crippen LogP contribution in [0.4, 0.5) is 5.82 Å². The van der Waals surface area contributed by atoms with Crippen molar-refractivity contribution in [2.45, 2.75) is 39.2 Å². The number of aryl methyl sites for hydroxylation is 1. The first kappa shape index (κ1) is 9.25. The van der Waals surface area contributed by atoms with E-state index in [0.29, 0.717) is 5.82 Å². The van der Waals surface area contributed by atoms with Crippen LogP contribution in [0.1, 0.15) is 31.2 Å². The topological polar surface area (TPSA) is 43.8 Å². The molecule has 3 nitrogen and oxygen atoms in total. The summed E-state index contributed by atoms with van der Waals surface area (Å²) in [6.07, 6.45) is 7.90. The zero-order valence-corrected chi connectivity index (χ0v) is 9.32. The van der Waals surface area contributed by atoms with Crippen molar-refractivity contribution >= 4 is 5.82 Å². The predicted molar refractivity (Wildman–Crippen MR) is 60.3 cm³/mol. The average molecular weight is 205 g/mol. The van der Waals surface area contributed by atoms with E-state index >= 15 is 0 Å². The van der Waals surface area contributed by atoms with E-state index in [1.807, 2.05) is 6.92 Å². The molecule has 3 atom stereocenters. The van der Waals surface area contributed by atoms with Gasteiger partial charge in [0.1, 0.15) is 5.82 Å². The molecule has 0 aliphatic heterocycles. The molecule has 82 valence electrons. The van der Waals surface area contributed by atoms with Gasteiger partial charge >= 0.3 is 0 Å². The molecular formula is C12H19N3. The van der Waals surface area contributed by atoms with Crippen LogP contribution in [0, 0.1) is 24.7 Å². The van der Waals surface area contributed by atoms with Crippen LogP contribution in [-0.2, 0) is 6.54 Å². The van der Waals surface area contributed by atoms with E-state index in [0.717, 1.165) is 29.9 Å². The Morgan fingerprint density at radius 1 is 1.47 bits per heavy atom. The van der Waals surface area contributed by atoms with Crippen molar-refractivity contribution in [2.75, 3.05) is 5.73 Å². The number of nitrogens with two attached hydrogens (primary N) is 1. The van der Waals surface area contributed by atoms with Crippen LogP contribution in [0.15, 0.2) is 6.20 Å². The molecule has 1 aromatic rings. The Labute approximate surface area is 90.7 Å². The maximum absolute atomic E-state index is 5.76. The molecule has 0 aromatic carbocycles. The monoisotopic (exact) mass is 205 g/mol. The van der Waals surface area contributed by atoms with Gasteiger partial charge in [-0.3, -0.25) is 4.68 Å². The third-order valence-electron chi connectivity index (χ3n) is 4.29. The molecule has 15 heavy (non-hydrogen) atoms. The van der Waals surface area contributed by atoms with Crippen LogP contribution in [-0.4, -0.2) is 9.78 Å². The molecule has 2 N–H and O–H groups in total. The minimum Gasteiger partial charge on any atom is -0.382 e. The Morgan fingerprint density at radius 2 is 2.33 bits per heavy atom. The number of nitrogen functional groups attached to an aromatic ring is 1. The Morgan fingerprint density at radius 3 is 2.87 bits per heavy atom. The first-order chi connectivity index (χ1) is 7.22. The molecule has 2 aliphatic rings. The lowest BCUT2D eigenvalue weighted by atomic mass is 9.89. The van der Waals surface area contributed by atoms with E-state index in [4.69, 9.17) is 5.73 Å². The van der Waals surface area contributed by atoms with E-state index in [-0.39, 0.29) is 0 Å². The van der Waals surface area contributed by atoms with Gasteiger partial charge in [-0.2, -0.15) is 5.10 Å². The van der Waals surface area contributed by atoms with Crippen molar-refractivity contribution in [1.82, 2.24) is 9.78 Å². The quantitative estimate of drug-likeness (QED) is 0.804. The van der Waals surface area contributed by atoms with E-state index in [9.17, 15) is 0 Å². The van der Waals surface area contributed by atoms with Crippen molar-refractivity contribution in [3.05, 3.63) is 11.8 Å². The number of aromatic nitrogens is 2. The SMILES string of the molecule is Cc1cn(CC2CC3CCC2C3)nc1N. The first-order valence-corrected chi connectivity index (χ1v) is 6.02. The van der Waals surface area contributed by atoms with Gasteiger partial charge in [0.2, 0.25) is 0 Å². The van der Waals surface area contributed by atoms with Gasteiger partial charge in [-0.25, -0.2) is 0 Å². The van der Waals surface area contributed by atoms with Crippen LogP contribution >= 0.6 is 0 Å². The third kappa shape index (κ3) is 1.54. The van der Waals surface area contributed by atoms with Crippen LogP contribution < -0.4 is 5.73 Å². The van der Waals surface area contributed by atoms with Gasteiger partial charge in [0.05, 0.1) is 0 Å². The van der Waals surface area contributed by atoms with E-state index in [2.05, 4.69) is 16.0 Å². The number of fused-ring (bicyclic) bond motifs is 2. The molecule has 2 saturated carbocycles. The molecule has 1 aromatic heterocycles. The fraction of sp³-hybridized carbons (Fsp3) is 0.750. The van der Waals surface area contributed by atoms with Gasteiger partial charge in [0.15, 0.2) is 0 Å². The van der Waals surface area contributed by atoms with Crippen LogP contribution in [0.25, 0.3) is 0 Å². The maximum Gasteiger partial charge on any atom is 0.148 e. The minimum absolute atomic E-state index is 0.693. The molecule has 2 fully saturated rings. The largest absolute Gasteiger partial charge is 0.382 e. The van der Waals surface area contributed by atoms with Crippen LogP contribution in [0.2, 0.25) is 0 Å². The van der Waals surface area contributed by atoms with Gasteiger partial charge in [0.25, 0.3) is 0 Å². The molecule has 0 radical (unpaired) electrons. The van der Waals surface area contributed by atoms with Crippen molar-refractivity contribution in [3.8, 4) is 0 Å². The smallest absolute Gasteiger partial charge is 0.148 e. The molecule has 1 heterocycles. The Hall–Kier alpha value is -0.990. The van der Waals surface area contributed by atoms with Gasteiger partial charge in [-0.1, -0.05) is 6.42 Å². The molecule has 0 saturated heterocycles. The Bertz CT molecular complexity index is 349. The summed E-state index contributed by atoms with van der Waals surface area (Å²) >= 11 is 0. The van der Waals surface area contributed by atoms with Crippen molar-refractivity contribution < 1.29 is 0 Å². The second kappa shape index (κ2) is 3.26. The lowest BCUT2D eigenvalue weighted by molar-refractivity contribution is 0.286. The highest BCUT2D eigenvalue weighted by atomic mass is 15.3. The van der Waals surface area contributed by atoms with Gasteiger partial charge in [-0.05, 0) is 43.9 Å². The summed E-state index contributed by atoms with van der Waals surface area (Å²) in [4.78, 5) is 0. The summed E-state index contributed by atoms with van der Waals surface area (Å²) in [5, 5.41) is 4.35. The molecule has 3 rings (SSSR count). The molecule has 2 bridgehead atoms. The van der Waals surface area contributed by atoms with Gasteiger partial charge < -0.3 is 5.73 Å². The maximum atomic E-state index is 5.76. The molecule has 2 aliphatic carbocycles. The number of rotatable bonds is 2. The molecule has 0 spiro atoms. The van der Waals surface area contributed by atoms with E-state index in [1.165, 1.54) is 25.7 Å². The van der Waals surface area contributed by atoms with Crippen LogP contribution in [0.5, 0.6) is 0 Å². The number of hydrogen-bond acceptors (Lipinski definition) is 2. The second-order valence-electron chi connectivity index (χ2n) is 5.35. The molecule has 3 heteroatoms. The highest BCUT2D eigenvalue weighted by Crippen LogP contribution is 2.48. The van der Waals surface area contributed by atoms with Crippen LogP contribution in [0.3, 0.4) is 0 Å². The standard InChI is InChI=1S/C12H19N3/c1-8-6-15(14-12(8)13)7-11-5-9-2-3-10(11)4-9/h6,9-11H,2-5,7H2,1H3,(H2,13,14). The summed E-state index contributed by atoms with van der Waals surface area (Å²) in [5.74, 6) is 3.55. The van der Waals surface area contributed by atoms with E-state index < -0.39 is 0 Å².